The lowest BCUT2D eigenvalue weighted by atomic mass is 9.84. The number of unbranched alkanes of at least 4 members (excludes halogenated alkanes) is 3. The second-order valence-corrected chi connectivity index (χ2v) is 9.17. The number of carbonyl (C=O) groups is 2. The molecule has 0 saturated carbocycles. The predicted molar refractivity (Wildman–Crippen MR) is 123 cm³/mol. The van der Waals surface area contributed by atoms with Gasteiger partial charge < -0.3 is 9.64 Å². The van der Waals surface area contributed by atoms with E-state index in [1.54, 1.807) is 0 Å². The van der Waals surface area contributed by atoms with E-state index in [-0.39, 0.29) is 17.7 Å². The smallest absolute Gasteiger partial charge is 0.315 e. The SMILES string of the molecule is CCCCCCOC(=O)C(C)(C)c1ccc(C(=O)CCCN2CCC(C#N)CC2)cc1. The van der Waals surface area contributed by atoms with Crippen LogP contribution < -0.4 is 0 Å². The van der Waals surface area contributed by atoms with Crippen LogP contribution in [-0.4, -0.2) is 42.9 Å². The van der Waals surface area contributed by atoms with E-state index in [0.717, 1.165) is 70.1 Å². The summed E-state index contributed by atoms with van der Waals surface area (Å²) in [6.45, 7) is 9.16. The molecule has 0 aromatic heterocycles. The highest BCUT2D eigenvalue weighted by Gasteiger charge is 2.31. The Morgan fingerprint density at radius 2 is 1.77 bits per heavy atom. The molecule has 0 unspecified atom stereocenters. The first kappa shape index (κ1) is 25.1. The Hall–Kier alpha value is -2.19. The Balaban J connectivity index is 1.78. The highest BCUT2D eigenvalue weighted by Crippen LogP contribution is 2.26. The fourth-order valence-electron chi connectivity index (χ4n) is 3.96. The molecule has 1 aromatic carbocycles. The molecular formula is C26H38N2O3. The first-order valence-electron chi connectivity index (χ1n) is 11.8. The number of nitrogens with zero attached hydrogens (tertiary/aromatic N) is 2. The number of ether oxygens (including phenoxy) is 1. The van der Waals surface area contributed by atoms with E-state index < -0.39 is 5.41 Å². The van der Waals surface area contributed by atoms with Crippen LogP contribution in [0.4, 0.5) is 0 Å². The second-order valence-electron chi connectivity index (χ2n) is 9.17. The number of hydrogen-bond acceptors (Lipinski definition) is 5. The minimum atomic E-state index is -0.734. The predicted octanol–water partition coefficient (Wildman–Crippen LogP) is 5.29. The zero-order valence-electron chi connectivity index (χ0n) is 19.5. The summed E-state index contributed by atoms with van der Waals surface area (Å²) in [7, 11) is 0. The summed E-state index contributed by atoms with van der Waals surface area (Å²) in [5.41, 5.74) is 0.820. The Kier molecular flexibility index (Phi) is 10.2. The van der Waals surface area contributed by atoms with Gasteiger partial charge in [0, 0.05) is 17.9 Å². The number of Topliss-reactive ketones (excluding diaryl/α,β-unsaturated/α-hetero) is 1. The van der Waals surface area contributed by atoms with Crippen LogP contribution in [0.3, 0.4) is 0 Å². The van der Waals surface area contributed by atoms with Crippen molar-refractivity contribution in [3.05, 3.63) is 35.4 Å². The van der Waals surface area contributed by atoms with Gasteiger partial charge in [0.25, 0.3) is 0 Å². The van der Waals surface area contributed by atoms with Crippen molar-refractivity contribution in [2.24, 2.45) is 5.92 Å². The third kappa shape index (κ3) is 7.78. The summed E-state index contributed by atoms with van der Waals surface area (Å²) in [6, 6.07) is 9.75. The maximum Gasteiger partial charge on any atom is 0.315 e. The molecule has 170 valence electrons. The summed E-state index contributed by atoms with van der Waals surface area (Å²) < 4.78 is 5.48. The molecule has 1 saturated heterocycles. The third-order valence-corrected chi connectivity index (χ3v) is 6.32. The van der Waals surface area contributed by atoms with Gasteiger partial charge in [-0.15, -0.1) is 0 Å². The number of piperidine rings is 1. The van der Waals surface area contributed by atoms with E-state index >= 15 is 0 Å². The number of ketones is 1. The third-order valence-electron chi connectivity index (χ3n) is 6.32. The molecule has 0 spiro atoms. The fourth-order valence-corrected chi connectivity index (χ4v) is 3.96. The van der Waals surface area contributed by atoms with Crippen LogP contribution in [0, 0.1) is 17.2 Å². The normalized spacial score (nSPS) is 15.4. The van der Waals surface area contributed by atoms with Crippen LogP contribution >= 0.6 is 0 Å². The van der Waals surface area contributed by atoms with Gasteiger partial charge in [-0.25, -0.2) is 0 Å². The standard InChI is InChI=1S/C26H38N2O3/c1-4-5-6-7-19-31-25(30)26(2,3)23-12-10-22(11-13-23)24(29)9-8-16-28-17-14-21(20-27)15-18-28/h10-13,21H,4-9,14-19H2,1-3H3. The molecular weight excluding hydrogens is 388 g/mol. The van der Waals surface area contributed by atoms with Crippen LogP contribution in [0.15, 0.2) is 24.3 Å². The maximum absolute atomic E-state index is 12.6. The van der Waals surface area contributed by atoms with Crippen molar-refractivity contribution in [1.82, 2.24) is 4.90 Å². The van der Waals surface area contributed by atoms with Crippen molar-refractivity contribution < 1.29 is 14.3 Å². The number of rotatable bonds is 12. The number of likely N-dealkylation sites (tertiary alicyclic amines) is 1. The van der Waals surface area contributed by atoms with Gasteiger partial charge in [0.2, 0.25) is 0 Å². The Morgan fingerprint density at radius 1 is 1.10 bits per heavy atom. The summed E-state index contributed by atoms with van der Waals surface area (Å²) in [5.74, 6) is 0.108. The van der Waals surface area contributed by atoms with Crippen LogP contribution in [0.2, 0.25) is 0 Å². The zero-order chi connectivity index (χ0) is 22.7. The van der Waals surface area contributed by atoms with Crippen LogP contribution in [0.1, 0.15) is 88.1 Å². The van der Waals surface area contributed by atoms with Crippen molar-refractivity contribution in [3.8, 4) is 6.07 Å². The van der Waals surface area contributed by atoms with Gasteiger partial charge in [0.15, 0.2) is 5.78 Å². The van der Waals surface area contributed by atoms with Gasteiger partial charge in [-0.1, -0.05) is 50.5 Å². The van der Waals surface area contributed by atoms with Gasteiger partial charge in [-0.05, 0) is 64.7 Å². The first-order valence-corrected chi connectivity index (χ1v) is 11.8. The van der Waals surface area contributed by atoms with E-state index in [2.05, 4.69) is 17.9 Å². The van der Waals surface area contributed by atoms with E-state index in [1.165, 1.54) is 0 Å². The maximum atomic E-state index is 12.6. The molecule has 1 aliphatic heterocycles. The minimum absolute atomic E-state index is 0.134. The number of benzene rings is 1. The molecule has 2 rings (SSSR count). The van der Waals surface area contributed by atoms with Gasteiger partial charge in [-0.3, -0.25) is 9.59 Å². The zero-order valence-corrected chi connectivity index (χ0v) is 19.5. The molecule has 0 bridgehead atoms. The first-order chi connectivity index (χ1) is 14.9. The second kappa shape index (κ2) is 12.6. The molecule has 0 radical (unpaired) electrons. The molecule has 1 aliphatic rings. The van der Waals surface area contributed by atoms with E-state index in [9.17, 15) is 9.59 Å². The molecule has 1 aromatic rings. The van der Waals surface area contributed by atoms with Crippen molar-refractivity contribution in [3.63, 3.8) is 0 Å². The van der Waals surface area contributed by atoms with Crippen molar-refractivity contribution >= 4 is 11.8 Å². The lowest BCUT2D eigenvalue weighted by molar-refractivity contribution is -0.149. The molecule has 0 aliphatic carbocycles. The summed E-state index contributed by atoms with van der Waals surface area (Å²) in [4.78, 5) is 27.4. The lowest BCUT2D eigenvalue weighted by Crippen LogP contribution is -2.34. The number of esters is 1. The Bertz CT molecular complexity index is 741. The van der Waals surface area contributed by atoms with Crippen molar-refractivity contribution in [2.75, 3.05) is 26.2 Å². The quantitative estimate of drug-likeness (QED) is 0.258. The van der Waals surface area contributed by atoms with Gasteiger partial charge in [-0.2, -0.15) is 5.26 Å². The number of hydrogen-bond donors (Lipinski definition) is 0. The van der Waals surface area contributed by atoms with Gasteiger partial charge in [0.1, 0.15) is 0 Å². The summed E-state index contributed by atoms with van der Waals surface area (Å²) >= 11 is 0. The highest BCUT2D eigenvalue weighted by molar-refractivity contribution is 5.96. The molecule has 1 fully saturated rings. The molecule has 31 heavy (non-hydrogen) atoms. The summed E-state index contributed by atoms with van der Waals surface area (Å²) in [5, 5.41) is 8.98. The van der Waals surface area contributed by atoms with Crippen LogP contribution in [0.5, 0.6) is 0 Å². The Labute approximate surface area is 187 Å². The molecule has 1 heterocycles. The van der Waals surface area contributed by atoms with E-state index in [1.807, 2.05) is 38.1 Å². The molecule has 0 N–H and O–H groups in total. The van der Waals surface area contributed by atoms with Gasteiger partial charge >= 0.3 is 5.97 Å². The summed E-state index contributed by atoms with van der Waals surface area (Å²) in [6.07, 6.45) is 7.51. The molecule has 5 nitrogen and oxygen atoms in total. The minimum Gasteiger partial charge on any atom is -0.465 e. The monoisotopic (exact) mass is 426 g/mol. The Morgan fingerprint density at radius 3 is 2.39 bits per heavy atom. The van der Waals surface area contributed by atoms with Crippen molar-refractivity contribution in [1.29, 1.82) is 5.26 Å². The van der Waals surface area contributed by atoms with Crippen LogP contribution in [0.25, 0.3) is 0 Å². The molecule has 0 atom stereocenters. The van der Waals surface area contributed by atoms with Crippen LogP contribution in [-0.2, 0) is 14.9 Å². The van der Waals surface area contributed by atoms with Gasteiger partial charge in [0.05, 0.1) is 18.1 Å². The van der Waals surface area contributed by atoms with E-state index in [4.69, 9.17) is 10.00 Å². The topological polar surface area (TPSA) is 70.4 Å². The largest absolute Gasteiger partial charge is 0.465 e. The highest BCUT2D eigenvalue weighted by atomic mass is 16.5. The van der Waals surface area contributed by atoms with Crippen molar-refractivity contribution in [2.45, 2.75) is 77.6 Å². The number of carbonyl (C=O) groups excluding carboxylic acids is 2. The van der Waals surface area contributed by atoms with E-state index in [0.29, 0.717) is 18.6 Å². The molecule has 0 amide bonds. The average molecular weight is 427 g/mol. The molecule has 5 heteroatoms. The number of nitriles is 1. The average Bonchev–Trinajstić information content (AvgIpc) is 2.79. The lowest BCUT2D eigenvalue weighted by Gasteiger charge is -2.28. The fraction of sp³-hybridized carbons (Fsp3) is 0.654.